The molecule has 0 amide bonds. The zero-order valence-corrected chi connectivity index (χ0v) is 10.3. The van der Waals surface area contributed by atoms with Crippen molar-refractivity contribution < 1.29 is 9.90 Å². The van der Waals surface area contributed by atoms with Crippen LogP contribution in [0, 0.1) is 0 Å². The predicted octanol–water partition coefficient (Wildman–Crippen LogP) is 1.18. The van der Waals surface area contributed by atoms with Crippen LogP contribution in [0.2, 0.25) is 0 Å². The molecule has 3 rings (SSSR count). The van der Waals surface area contributed by atoms with Crippen LogP contribution in [-0.4, -0.2) is 27.2 Å². The minimum atomic E-state index is -0.941. The lowest BCUT2D eigenvalue weighted by atomic mass is 10.1. The number of carboxylic acid groups (broad SMARTS) is 1. The van der Waals surface area contributed by atoms with Gasteiger partial charge in [0.1, 0.15) is 5.82 Å². The summed E-state index contributed by atoms with van der Waals surface area (Å²) in [6.07, 6.45) is 3.69. The molecule has 0 saturated carbocycles. The molecule has 1 aromatic heterocycles. The Labute approximate surface area is 110 Å². The molecule has 0 radical (unpaired) electrons. The van der Waals surface area contributed by atoms with Gasteiger partial charge < -0.3 is 20.3 Å². The van der Waals surface area contributed by atoms with E-state index in [2.05, 4.69) is 9.55 Å². The number of fused-ring (bicyclic) bond motifs is 1. The molecule has 0 spiro atoms. The topological polar surface area (TPSA) is 84.4 Å². The van der Waals surface area contributed by atoms with Gasteiger partial charge in [-0.15, -0.1) is 0 Å². The molecule has 6 nitrogen and oxygen atoms in total. The number of aromatic nitrogens is 2. The molecular weight excluding hydrogens is 244 g/mol. The lowest BCUT2D eigenvalue weighted by Gasteiger charge is -2.30. The quantitative estimate of drug-likeness (QED) is 0.790. The van der Waals surface area contributed by atoms with Gasteiger partial charge in [-0.05, 0) is 18.2 Å². The molecule has 1 aliphatic heterocycles. The summed E-state index contributed by atoms with van der Waals surface area (Å²) in [6.45, 7) is 2.13. The molecule has 0 fully saturated rings. The highest BCUT2D eigenvalue weighted by molar-refractivity contribution is 5.95. The second kappa shape index (κ2) is 4.31. The Kier molecular flexibility index (Phi) is 2.63. The van der Waals surface area contributed by atoms with Crippen LogP contribution in [0.1, 0.15) is 16.2 Å². The molecule has 98 valence electrons. The van der Waals surface area contributed by atoms with Gasteiger partial charge in [0, 0.05) is 31.2 Å². The van der Waals surface area contributed by atoms with E-state index < -0.39 is 5.97 Å². The van der Waals surface area contributed by atoms with Crippen molar-refractivity contribution in [1.82, 2.24) is 9.55 Å². The second-order valence-corrected chi connectivity index (χ2v) is 4.54. The Morgan fingerprint density at radius 1 is 1.37 bits per heavy atom. The van der Waals surface area contributed by atoms with E-state index in [-0.39, 0.29) is 5.56 Å². The van der Waals surface area contributed by atoms with Crippen molar-refractivity contribution in [3.8, 4) is 0 Å². The first-order chi connectivity index (χ1) is 9.15. The van der Waals surface area contributed by atoms with E-state index in [1.807, 2.05) is 11.1 Å². The molecule has 0 aliphatic carbocycles. The Bertz CT molecular complexity index is 635. The molecule has 6 heteroatoms. The average molecular weight is 258 g/mol. The molecule has 1 aromatic carbocycles. The third-order valence-corrected chi connectivity index (χ3v) is 3.34. The maximum absolute atomic E-state index is 11.3. The molecule has 1 aliphatic rings. The van der Waals surface area contributed by atoms with Gasteiger partial charge in [0.15, 0.2) is 0 Å². The molecule has 2 aromatic rings. The summed E-state index contributed by atoms with van der Waals surface area (Å²) in [7, 11) is 0. The van der Waals surface area contributed by atoms with Gasteiger partial charge in [0.25, 0.3) is 0 Å². The standard InChI is InChI=1S/C13H14N4O2/c14-9-1-2-10(13(18)19)11(7-9)17-6-5-16-4-3-15-12(16)8-17/h1-4,7H,5-6,8,14H2,(H,18,19). The number of benzene rings is 1. The maximum atomic E-state index is 11.3. The van der Waals surface area contributed by atoms with Crippen LogP contribution in [0.4, 0.5) is 11.4 Å². The normalized spacial score (nSPS) is 14.2. The van der Waals surface area contributed by atoms with Gasteiger partial charge in [-0.1, -0.05) is 0 Å². The summed E-state index contributed by atoms with van der Waals surface area (Å²) in [5.41, 5.74) is 7.26. The van der Waals surface area contributed by atoms with Crippen molar-refractivity contribution in [3.63, 3.8) is 0 Å². The van der Waals surface area contributed by atoms with Gasteiger partial charge in [-0.3, -0.25) is 0 Å². The molecule has 0 unspecified atom stereocenters. The number of carbonyl (C=O) groups is 1. The van der Waals surface area contributed by atoms with E-state index in [9.17, 15) is 9.90 Å². The molecule has 2 heterocycles. The number of nitrogen functional groups attached to an aromatic ring is 1. The Morgan fingerprint density at radius 3 is 3.00 bits per heavy atom. The Morgan fingerprint density at radius 2 is 2.21 bits per heavy atom. The summed E-state index contributed by atoms with van der Waals surface area (Å²) in [4.78, 5) is 17.6. The zero-order chi connectivity index (χ0) is 13.4. The van der Waals surface area contributed by atoms with Crippen molar-refractivity contribution in [1.29, 1.82) is 0 Å². The van der Waals surface area contributed by atoms with Crippen molar-refractivity contribution in [2.75, 3.05) is 17.2 Å². The number of anilines is 2. The van der Waals surface area contributed by atoms with Crippen LogP contribution in [0.25, 0.3) is 0 Å². The molecular formula is C13H14N4O2. The van der Waals surface area contributed by atoms with Gasteiger partial charge >= 0.3 is 5.97 Å². The number of aromatic carboxylic acids is 1. The number of nitrogens with zero attached hydrogens (tertiary/aromatic N) is 3. The minimum absolute atomic E-state index is 0.272. The number of imidazole rings is 1. The third kappa shape index (κ3) is 2.01. The number of hydrogen-bond acceptors (Lipinski definition) is 4. The fourth-order valence-corrected chi connectivity index (χ4v) is 2.37. The first kappa shape index (κ1) is 11.6. The molecule has 0 bridgehead atoms. The first-order valence-corrected chi connectivity index (χ1v) is 6.03. The average Bonchev–Trinajstić information content (AvgIpc) is 2.85. The monoisotopic (exact) mass is 258 g/mol. The minimum Gasteiger partial charge on any atom is -0.478 e. The Hall–Kier alpha value is -2.50. The fourth-order valence-electron chi connectivity index (χ4n) is 2.37. The highest BCUT2D eigenvalue weighted by Crippen LogP contribution is 2.26. The number of hydrogen-bond donors (Lipinski definition) is 2. The summed E-state index contributed by atoms with van der Waals surface area (Å²) >= 11 is 0. The maximum Gasteiger partial charge on any atom is 0.337 e. The van der Waals surface area contributed by atoms with Crippen LogP contribution in [0.3, 0.4) is 0 Å². The van der Waals surface area contributed by atoms with E-state index in [1.54, 1.807) is 24.4 Å². The smallest absolute Gasteiger partial charge is 0.337 e. The van der Waals surface area contributed by atoms with Crippen molar-refractivity contribution in [2.24, 2.45) is 0 Å². The van der Waals surface area contributed by atoms with E-state index in [4.69, 9.17) is 5.73 Å². The van der Waals surface area contributed by atoms with E-state index >= 15 is 0 Å². The van der Waals surface area contributed by atoms with Crippen LogP contribution >= 0.6 is 0 Å². The SMILES string of the molecule is Nc1ccc(C(=O)O)c(N2CCn3ccnc3C2)c1. The molecule has 19 heavy (non-hydrogen) atoms. The zero-order valence-electron chi connectivity index (χ0n) is 10.3. The van der Waals surface area contributed by atoms with Crippen LogP contribution in [-0.2, 0) is 13.1 Å². The molecule has 3 N–H and O–H groups in total. The van der Waals surface area contributed by atoms with Gasteiger partial charge in [0.05, 0.1) is 17.8 Å². The number of rotatable bonds is 2. The van der Waals surface area contributed by atoms with Gasteiger partial charge in [0.2, 0.25) is 0 Å². The second-order valence-electron chi connectivity index (χ2n) is 4.54. The van der Waals surface area contributed by atoms with E-state index in [0.29, 0.717) is 17.9 Å². The summed E-state index contributed by atoms with van der Waals surface area (Å²) in [5, 5.41) is 9.25. The van der Waals surface area contributed by atoms with Gasteiger partial charge in [-0.2, -0.15) is 0 Å². The van der Waals surface area contributed by atoms with Gasteiger partial charge in [-0.25, -0.2) is 9.78 Å². The summed E-state index contributed by atoms with van der Waals surface area (Å²) < 4.78 is 2.07. The highest BCUT2D eigenvalue weighted by Gasteiger charge is 2.21. The van der Waals surface area contributed by atoms with E-state index in [0.717, 1.165) is 18.9 Å². The first-order valence-electron chi connectivity index (χ1n) is 6.03. The Balaban J connectivity index is 1.99. The number of carboxylic acids is 1. The fraction of sp³-hybridized carbons (Fsp3) is 0.231. The summed E-state index contributed by atoms with van der Waals surface area (Å²) in [6, 6.07) is 4.87. The lowest BCUT2D eigenvalue weighted by molar-refractivity contribution is 0.0697. The van der Waals surface area contributed by atoms with Crippen LogP contribution < -0.4 is 10.6 Å². The number of nitrogens with two attached hydrogens (primary N) is 1. The molecule has 0 saturated heterocycles. The predicted molar refractivity (Wildman–Crippen MR) is 71.1 cm³/mol. The summed E-state index contributed by atoms with van der Waals surface area (Å²) in [5.74, 6) is -0.00562. The molecule has 0 atom stereocenters. The van der Waals surface area contributed by atoms with Crippen LogP contribution in [0.5, 0.6) is 0 Å². The van der Waals surface area contributed by atoms with Crippen molar-refractivity contribution >= 4 is 17.3 Å². The largest absolute Gasteiger partial charge is 0.478 e. The van der Waals surface area contributed by atoms with Crippen molar-refractivity contribution in [3.05, 3.63) is 42.0 Å². The lowest BCUT2D eigenvalue weighted by Crippen LogP contribution is -2.34. The third-order valence-electron chi connectivity index (χ3n) is 3.34. The highest BCUT2D eigenvalue weighted by atomic mass is 16.4. The van der Waals surface area contributed by atoms with Crippen molar-refractivity contribution in [2.45, 2.75) is 13.1 Å². The van der Waals surface area contributed by atoms with E-state index in [1.165, 1.54) is 0 Å². The van der Waals surface area contributed by atoms with Crippen LogP contribution in [0.15, 0.2) is 30.6 Å².